The van der Waals surface area contributed by atoms with Crippen molar-refractivity contribution < 1.29 is 9.66 Å². The van der Waals surface area contributed by atoms with Gasteiger partial charge in [0.2, 0.25) is 0 Å². The highest BCUT2D eigenvalue weighted by molar-refractivity contribution is 5.64. The van der Waals surface area contributed by atoms with E-state index in [0.717, 1.165) is 19.3 Å². The van der Waals surface area contributed by atoms with Gasteiger partial charge in [-0.15, -0.1) is 0 Å². The van der Waals surface area contributed by atoms with E-state index in [4.69, 9.17) is 4.74 Å². The second kappa shape index (κ2) is 6.83. The van der Waals surface area contributed by atoms with Crippen LogP contribution in [0.5, 0.6) is 5.75 Å². The maximum Gasteiger partial charge on any atom is 0.296 e. The summed E-state index contributed by atoms with van der Waals surface area (Å²) in [6.45, 7) is 4.16. The Labute approximate surface area is 107 Å². The Morgan fingerprint density at radius 3 is 2.78 bits per heavy atom. The van der Waals surface area contributed by atoms with Crippen LogP contribution >= 0.6 is 0 Å². The van der Waals surface area contributed by atoms with Crippen molar-refractivity contribution in [2.75, 3.05) is 12.4 Å². The van der Waals surface area contributed by atoms with Gasteiger partial charge in [-0.1, -0.05) is 19.8 Å². The van der Waals surface area contributed by atoms with Crippen LogP contribution in [0, 0.1) is 10.1 Å². The molecule has 0 heterocycles. The molecule has 5 heteroatoms. The van der Waals surface area contributed by atoms with E-state index in [0.29, 0.717) is 11.4 Å². The van der Waals surface area contributed by atoms with Crippen molar-refractivity contribution in [3.05, 3.63) is 28.3 Å². The van der Waals surface area contributed by atoms with E-state index in [9.17, 15) is 10.1 Å². The first-order valence-electron chi connectivity index (χ1n) is 6.17. The largest absolute Gasteiger partial charge is 0.496 e. The lowest BCUT2D eigenvalue weighted by Gasteiger charge is -2.15. The molecule has 1 aromatic rings. The second-order valence-electron chi connectivity index (χ2n) is 4.33. The first-order chi connectivity index (χ1) is 8.58. The Balaban J connectivity index is 2.84. The monoisotopic (exact) mass is 252 g/mol. The molecule has 1 unspecified atom stereocenters. The van der Waals surface area contributed by atoms with Crippen LogP contribution in [0.2, 0.25) is 0 Å². The van der Waals surface area contributed by atoms with Gasteiger partial charge in [0.1, 0.15) is 11.4 Å². The minimum Gasteiger partial charge on any atom is -0.496 e. The third kappa shape index (κ3) is 3.91. The first kappa shape index (κ1) is 14.3. The highest BCUT2D eigenvalue weighted by Crippen LogP contribution is 2.29. The Bertz CT molecular complexity index is 407. The van der Waals surface area contributed by atoms with Gasteiger partial charge < -0.3 is 10.1 Å². The summed E-state index contributed by atoms with van der Waals surface area (Å²) in [6, 6.07) is 5.08. The van der Waals surface area contributed by atoms with Crippen LogP contribution in [0.15, 0.2) is 18.2 Å². The van der Waals surface area contributed by atoms with Gasteiger partial charge in [0.15, 0.2) is 0 Å². The number of hydrogen-bond donors (Lipinski definition) is 1. The summed E-state index contributed by atoms with van der Waals surface area (Å²) in [5, 5.41) is 14.2. The average molecular weight is 252 g/mol. The third-order valence-electron chi connectivity index (χ3n) is 2.79. The molecule has 5 nitrogen and oxygen atoms in total. The SMILES string of the molecule is CCCCC(C)Nc1ccc(OC)cc1[N+](=O)[O-]. The predicted molar refractivity (Wildman–Crippen MR) is 72.3 cm³/mol. The number of benzene rings is 1. The molecule has 1 aromatic carbocycles. The van der Waals surface area contributed by atoms with Crippen molar-refractivity contribution in [3.8, 4) is 5.75 Å². The molecule has 0 fully saturated rings. The van der Waals surface area contributed by atoms with Crippen LogP contribution in [0.25, 0.3) is 0 Å². The van der Waals surface area contributed by atoms with Crippen molar-refractivity contribution in [3.63, 3.8) is 0 Å². The number of anilines is 1. The smallest absolute Gasteiger partial charge is 0.296 e. The van der Waals surface area contributed by atoms with Gasteiger partial charge in [0, 0.05) is 6.04 Å². The zero-order valence-electron chi connectivity index (χ0n) is 11.1. The minimum atomic E-state index is -0.391. The number of nitrogens with one attached hydrogen (secondary N) is 1. The van der Waals surface area contributed by atoms with Crippen LogP contribution in [0.3, 0.4) is 0 Å². The van der Waals surface area contributed by atoms with E-state index < -0.39 is 4.92 Å². The molecular weight excluding hydrogens is 232 g/mol. The van der Waals surface area contributed by atoms with Gasteiger partial charge in [-0.25, -0.2) is 0 Å². The molecule has 0 radical (unpaired) electrons. The Morgan fingerprint density at radius 2 is 2.22 bits per heavy atom. The average Bonchev–Trinajstić information content (AvgIpc) is 2.36. The van der Waals surface area contributed by atoms with Gasteiger partial charge >= 0.3 is 0 Å². The Hall–Kier alpha value is -1.78. The summed E-state index contributed by atoms with van der Waals surface area (Å²) in [6.07, 6.45) is 3.23. The quantitative estimate of drug-likeness (QED) is 0.595. The molecule has 0 bridgehead atoms. The second-order valence-corrected chi connectivity index (χ2v) is 4.33. The Kier molecular flexibility index (Phi) is 5.42. The van der Waals surface area contributed by atoms with Gasteiger partial charge in [0.25, 0.3) is 5.69 Å². The molecule has 0 aromatic heterocycles. The summed E-state index contributed by atoms with van der Waals surface area (Å²) in [5.74, 6) is 0.494. The minimum absolute atomic E-state index is 0.0534. The van der Waals surface area contributed by atoms with E-state index in [1.165, 1.54) is 13.2 Å². The van der Waals surface area contributed by atoms with Crippen LogP contribution < -0.4 is 10.1 Å². The fourth-order valence-electron chi connectivity index (χ4n) is 1.76. The molecule has 0 spiro atoms. The molecule has 0 saturated carbocycles. The summed E-state index contributed by atoms with van der Waals surface area (Å²) in [5.41, 5.74) is 0.599. The number of rotatable bonds is 7. The van der Waals surface area contributed by atoms with Crippen LogP contribution in [0.1, 0.15) is 33.1 Å². The molecule has 100 valence electrons. The lowest BCUT2D eigenvalue weighted by Crippen LogP contribution is -2.15. The number of methoxy groups -OCH3 is 1. The van der Waals surface area contributed by atoms with E-state index in [-0.39, 0.29) is 11.7 Å². The first-order valence-corrected chi connectivity index (χ1v) is 6.17. The zero-order chi connectivity index (χ0) is 13.5. The maximum atomic E-state index is 11.0. The molecule has 1 atom stereocenters. The van der Waals surface area contributed by atoms with Crippen LogP contribution in [0.4, 0.5) is 11.4 Å². The molecule has 0 aliphatic heterocycles. The van der Waals surface area contributed by atoms with Crippen molar-refractivity contribution in [2.24, 2.45) is 0 Å². The molecule has 0 saturated heterocycles. The molecule has 0 aliphatic rings. The van der Waals surface area contributed by atoms with Gasteiger partial charge in [-0.3, -0.25) is 10.1 Å². The van der Waals surface area contributed by atoms with Gasteiger partial charge in [-0.05, 0) is 25.5 Å². The summed E-state index contributed by atoms with van der Waals surface area (Å²) in [4.78, 5) is 10.6. The normalized spacial score (nSPS) is 11.9. The number of unbranched alkanes of at least 4 members (excludes halogenated alkanes) is 1. The summed E-state index contributed by atoms with van der Waals surface area (Å²) in [7, 11) is 1.50. The number of nitrogens with zero attached hydrogens (tertiary/aromatic N) is 1. The Morgan fingerprint density at radius 1 is 1.50 bits per heavy atom. The fraction of sp³-hybridized carbons (Fsp3) is 0.538. The lowest BCUT2D eigenvalue weighted by atomic mass is 10.1. The predicted octanol–water partition coefficient (Wildman–Crippen LogP) is 3.59. The topological polar surface area (TPSA) is 64.4 Å². The van der Waals surface area contributed by atoms with Crippen molar-refractivity contribution in [2.45, 2.75) is 39.2 Å². The van der Waals surface area contributed by atoms with E-state index in [1.54, 1.807) is 12.1 Å². The summed E-state index contributed by atoms with van der Waals surface area (Å²) < 4.78 is 5.00. The highest BCUT2D eigenvalue weighted by atomic mass is 16.6. The molecule has 0 amide bonds. The molecular formula is C13H20N2O3. The highest BCUT2D eigenvalue weighted by Gasteiger charge is 2.16. The molecule has 0 aliphatic carbocycles. The molecule has 1 N–H and O–H groups in total. The van der Waals surface area contributed by atoms with Crippen LogP contribution in [-0.4, -0.2) is 18.1 Å². The maximum absolute atomic E-state index is 11.0. The van der Waals surface area contributed by atoms with E-state index >= 15 is 0 Å². The zero-order valence-corrected chi connectivity index (χ0v) is 11.1. The fourth-order valence-corrected chi connectivity index (χ4v) is 1.76. The molecule has 18 heavy (non-hydrogen) atoms. The van der Waals surface area contributed by atoms with Gasteiger partial charge in [0.05, 0.1) is 18.1 Å². The van der Waals surface area contributed by atoms with E-state index in [1.807, 2.05) is 6.92 Å². The number of ether oxygens (including phenoxy) is 1. The van der Waals surface area contributed by atoms with E-state index in [2.05, 4.69) is 12.2 Å². The van der Waals surface area contributed by atoms with Gasteiger partial charge in [-0.2, -0.15) is 0 Å². The molecule has 1 rings (SSSR count). The number of nitro benzene ring substituents is 1. The third-order valence-corrected chi connectivity index (χ3v) is 2.79. The standard InChI is InChI=1S/C13H20N2O3/c1-4-5-6-10(2)14-12-8-7-11(18-3)9-13(12)15(16)17/h7-10,14H,4-6H2,1-3H3. The summed E-state index contributed by atoms with van der Waals surface area (Å²) >= 11 is 0. The van der Waals surface area contributed by atoms with Crippen LogP contribution in [-0.2, 0) is 0 Å². The van der Waals surface area contributed by atoms with Crippen molar-refractivity contribution >= 4 is 11.4 Å². The van der Waals surface area contributed by atoms with Crippen molar-refractivity contribution in [1.82, 2.24) is 0 Å². The lowest BCUT2D eigenvalue weighted by molar-refractivity contribution is -0.384. The number of hydrogen-bond acceptors (Lipinski definition) is 4. The number of nitro groups is 1. The van der Waals surface area contributed by atoms with Crippen molar-refractivity contribution in [1.29, 1.82) is 0 Å².